The molecule has 0 bridgehead atoms. The van der Waals surface area contributed by atoms with Crippen LogP contribution in [0.4, 0.5) is 5.82 Å². The Bertz CT molecular complexity index is 1410. The van der Waals surface area contributed by atoms with Gasteiger partial charge in [-0.05, 0) is 35.1 Å². The molecule has 1 aromatic heterocycles. The summed E-state index contributed by atoms with van der Waals surface area (Å²) in [6, 6.07) is 17.0. The molecule has 1 aliphatic carbocycles. The Kier molecular flexibility index (Phi) is 5.27. The molecule has 5 rings (SSSR count). The van der Waals surface area contributed by atoms with Gasteiger partial charge in [-0.3, -0.25) is 19.1 Å². The van der Waals surface area contributed by atoms with Crippen LogP contribution in [0.3, 0.4) is 0 Å². The van der Waals surface area contributed by atoms with E-state index >= 15 is 0 Å². The number of hydrogen-bond donors (Lipinski definition) is 2. The number of rotatable bonds is 4. The van der Waals surface area contributed by atoms with E-state index < -0.39 is 17.2 Å². The number of allylic oxidation sites excluding steroid dienone is 2. The molecule has 1 aliphatic heterocycles. The first-order valence-corrected chi connectivity index (χ1v) is 11.4. The van der Waals surface area contributed by atoms with Crippen molar-refractivity contribution in [1.82, 2.24) is 9.55 Å². The number of hydrogen-bond acceptors (Lipinski definition) is 5. The van der Waals surface area contributed by atoms with Gasteiger partial charge in [0.1, 0.15) is 11.6 Å². The molecule has 3 aromatic rings. The molecule has 174 valence electrons. The molecule has 1 atom stereocenters. The molecule has 0 radical (unpaired) electrons. The molecule has 0 amide bonds. The summed E-state index contributed by atoms with van der Waals surface area (Å²) in [5.74, 6) is 0.575. The highest BCUT2D eigenvalue weighted by Gasteiger charge is 2.42. The minimum Gasteiger partial charge on any atom is -0.497 e. The summed E-state index contributed by atoms with van der Waals surface area (Å²) in [4.78, 5) is 42.1. The van der Waals surface area contributed by atoms with Gasteiger partial charge >= 0.3 is 5.69 Å². The molecular weight excluding hydrogens is 430 g/mol. The maximum atomic E-state index is 13.4. The number of aromatic amines is 1. The first-order valence-electron chi connectivity index (χ1n) is 11.4. The number of ketones is 1. The zero-order chi connectivity index (χ0) is 24.0. The lowest BCUT2D eigenvalue weighted by molar-refractivity contribution is -0.118. The van der Waals surface area contributed by atoms with Gasteiger partial charge in [0.05, 0.1) is 19.2 Å². The summed E-state index contributed by atoms with van der Waals surface area (Å²) < 4.78 is 6.86. The Hall–Kier alpha value is -3.87. The van der Waals surface area contributed by atoms with Crippen molar-refractivity contribution in [3.8, 4) is 5.75 Å². The Labute approximate surface area is 197 Å². The number of carbonyl (C=O) groups excluding carboxylic acids is 1. The van der Waals surface area contributed by atoms with Gasteiger partial charge in [0.25, 0.3) is 5.56 Å². The Morgan fingerprint density at radius 2 is 1.71 bits per heavy atom. The molecule has 34 heavy (non-hydrogen) atoms. The molecule has 0 saturated carbocycles. The minimum atomic E-state index is -0.577. The van der Waals surface area contributed by atoms with E-state index in [1.54, 1.807) is 11.7 Å². The number of fused-ring (bicyclic) bond motifs is 1. The van der Waals surface area contributed by atoms with Crippen LogP contribution in [-0.2, 0) is 11.3 Å². The predicted molar refractivity (Wildman–Crippen MR) is 130 cm³/mol. The number of carbonyl (C=O) groups is 1. The zero-order valence-corrected chi connectivity index (χ0v) is 19.5. The van der Waals surface area contributed by atoms with Gasteiger partial charge in [-0.1, -0.05) is 56.3 Å². The quantitative estimate of drug-likeness (QED) is 0.622. The van der Waals surface area contributed by atoms with Crippen LogP contribution < -0.4 is 21.3 Å². The number of aromatic nitrogens is 2. The van der Waals surface area contributed by atoms with Gasteiger partial charge < -0.3 is 10.1 Å². The van der Waals surface area contributed by atoms with E-state index in [-0.39, 0.29) is 11.2 Å². The molecule has 2 N–H and O–H groups in total. The smallest absolute Gasteiger partial charge is 0.330 e. The average molecular weight is 458 g/mol. The highest BCUT2D eigenvalue weighted by Crippen LogP contribution is 2.47. The van der Waals surface area contributed by atoms with Crippen LogP contribution in [0.25, 0.3) is 0 Å². The standard InChI is InChI=1S/C27H27N3O4/c1-27(2)13-19-22(20(31)14-27)21(17-9-11-18(34-3)12-10-17)23-24(28-19)30(26(33)29-25(23)32)15-16-7-5-4-6-8-16/h4-12,21,28H,13-15H2,1-3H3,(H,29,32,33)/t21-/m0/s1. The molecule has 2 heterocycles. The summed E-state index contributed by atoms with van der Waals surface area (Å²) in [6.45, 7) is 4.41. The monoisotopic (exact) mass is 457 g/mol. The second kappa shape index (κ2) is 8.17. The van der Waals surface area contributed by atoms with Crippen LogP contribution in [0.2, 0.25) is 0 Å². The Morgan fingerprint density at radius 1 is 1.00 bits per heavy atom. The number of methoxy groups -OCH3 is 1. The third-order valence-electron chi connectivity index (χ3n) is 6.63. The molecule has 7 heteroatoms. The van der Waals surface area contributed by atoms with E-state index in [4.69, 9.17) is 4.74 Å². The molecule has 0 saturated heterocycles. The van der Waals surface area contributed by atoms with E-state index in [0.29, 0.717) is 42.1 Å². The molecule has 0 fully saturated rings. The van der Waals surface area contributed by atoms with Crippen molar-refractivity contribution in [2.75, 3.05) is 12.4 Å². The predicted octanol–water partition coefficient (Wildman–Crippen LogP) is 3.79. The Morgan fingerprint density at radius 3 is 2.38 bits per heavy atom. The van der Waals surface area contributed by atoms with Gasteiger partial charge in [-0.15, -0.1) is 0 Å². The third kappa shape index (κ3) is 3.77. The minimum absolute atomic E-state index is 0.0189. The van der Waals surface area contributed by atoms with E-state index in [9.17, 15) is 14.4 Å². The van der Waals surface area contributed by atoms with Crippen molar-refractivity contribution in [2.45, 2.75) is 39.2 Å². The number of anilines is 1. The first kappa shape index (κ1) is 21.9. The SMILES string of the molecule is COc1ccc([C@H]2C3=C(CC(C)(C)CC3=O)Nc3c2c(=O)[nH]c(=O)n3Cc2ccccc2)cc1. The normalized spacial score (nSPS) is 18.7. The second-order valence-corrected chi connectivity index (χ2v) is 9.76. The van der Waals surface area contributed by atoms with E-state index in [1.165, 1.54) is 0 Å². The number of H-pyrrole nitrogens is 1. The molecule has 2 aliphatic rings. The number of nitrogens with zero attached hydrogens (tertiary/aromatic N) is 1. The molecule has 2 aromatic carbocycles. The fraction of sp³-hybridized carbons (Fsp3) is 0.296. The van der Waals surface area contributed by atoms with Gasteiger partial charge in [0.2, 0.25) is 0 Å². The molecule has 0 unspecified atom stereocenters. The largest absolute Gasteiger partial charge is 0.497 e. The van der Waals surface area contributed by atoms with E-state index in [0.717, 1.165) is 16.8 Å². The summed E-state index contributed by atoms with van der Waals surface area (Å²) in [5, 5.41) is 3.35. The molecular formula is C27H27N3O4. The van der Waals surface area contributed by atoms with Crippen LogP contribution in [0.5, 0.6) is 5.75 Å². The van der Waals surface area contributed by atoms with Crippen LogP contribution in [0, 0.1) is 5.41 Å². The van der Waals surface area contributed by atoms with E-state index in [2.05, 4.69) is 24.1 Å². The van der Waals surface area contributed by atoms with Gasteiger partial charge in [0, 0.05) is 23.6 Å². The topological polar surface area (TPSA) is 93.2 Å². The number of nitrogens with one attached hydrogen (secondary N) is 2. The van der Waals surface area contributed by atoms with Gasteiger partial charge in [-0.2, -0.15) is 0 Å². The maximum absolute atomic E-state index is 13.4. The maximum Gasteiger partial charge on any atom is 0.330 e. The summed E-state index contributed by atoms with van der Waals surface area (Å²) in [6.07, 6.45) is 1.05. The van der Waals surface area contributed by atoms with Crippen molar-refractivity contribution in [3.05, 3.63) is 103 Å². The lowest BCUT2D eigenvalue weighted by Gasteiger charge is -2.39. The fourth-order valence-electron chi connectivity index (χ4n) is 5.10. The lowest BCUT2D eigenvalue weighted by atomic mass is 9.69. The fourth-order valence-corrected chi connectivity index (χ4v) is 5.10. The third-order valence-corrected chi connectivity index (χ3v) is 6.63. The lowest BCUT2D eigenvalue weighted by Crippen LogP contribution is -2.42. The van der Waals surface area contributed by atoms with Crippen LogP contribution >= 0.6 is 0 Å². The van der Waals surface area contributed by atoms with Crippen LogP contribution in [0.1, 0.15) is 49.3 Å². The van der Waals surface area contributed by atoms with Gasteiger partial charge in [0.15, 0.2) is 5.78 Å². The van der Waals surface area contributed by atoms with Crippen molar-refractivity contribution in [1.29, 1.82) is 0 Å². The summed E-state index contributed by atoms with van der Waals surface area (Å²) in [5.41, 5.74) is 2.31. The first-order chi connectivity index (χ1) is 16.3. The molecule has 7 nitrogen and oxygen atoms in total. The Balaban J connectivity index is 1.75. The molecule has 0 spiro atoms. The zero-order valence-electron chi connectivity index (χ0n) is 19.5. The summed E-state index contributed by atoms with van der Waals surface area (Å²) in [7, 11) is 1.59. The summed E-state index contributed by atoms with van der Waals surface area (Å²) >= 11 is 0. The van der Waals surface area contributed by atoms with Crippen molar-refractivity contribution >= 4 is 11.6 Å². The highest BCUT2D eigenvalue weighted by atomic mass is 16.5. The number of benzene rings is 2. The number of Topliss-reactive ketones (excluding diaryl/α,β-unsaturated/α-hetero) is 1. The van der Waals surface area contributed by atoms with Crippen LogP contribution in [0.15, 0.2) is 75.5 Å². The van der Waals surface area contributed by atoms with Crippen molar-refractivity contribution in [2.24, 2.45) is 5.41 Å². The van der Waals surface area contributed by atoms with E-state index in [1.807, 2.05) is 54.6 Å². The average Bonchev–Trinajstić information content (AvgIpc) is 2.80. The number of ether oxygens (including phenoxy) is 1. The van der Waals surface area contributed by atoms with Crippen LogP contribution in [-0.4, -0.2) is 22.4 Å². The van der Waals surface area contributed by atoms with Gasteiger partial charge in [-0.25, -0.2) is 4.79 Å². The van der Waals surface area contributed by atoms with Crippen molar-refractivity contribution < 1.29 is 9.53 Å². The van der Waals surface area contributed by atoms with Crippen molar-refractivity contribution in [3.63, 3.8) is 0 Å². The highest BCUT2D eigenvalue weighted by molar-refractivity contribution is 6.01. The second-order valence-electron chi connectivity index (χ2n) is 9.76.